The monoisotopic (exact) mass is 390 g/mol. The Kier molecular flexibility index (Phi) is 7.29. The molecule has 2 aromatic heterocycles. The fourth-order valence-electron chi connectivity index (χ4n) is 2.53. The van der Waals surface area contributed by atoms with E-state index in [1.54, 1.807) is 23.3 Å². The standard InChI is InChI=1S/C23H22N2S2/c1-3-4-5-23-18(2)24-14-12-21(23)16-25-27-22-10-8-19(9-11-22)6-7-20-13-15-26-17-20/h4-5,8-15,17,25H,3,16H2,1-2H3/b5-4-. The molecule has 27 heavy (non-hydrogen) atoms. The number of nitrogens with one attached hydrogen (secondary N) is 1. The minimum atomic E-state index is 0.789. The fraction of sp³-hybridized carbons (Fsp3) is 0.174. The van der Waals surface area contributed by atoms with Gasteiger partial charge in [0.2, 0.25) is 0 Å². The molecule has 0 amide bonds. The van der Waals surface area contributed by atoms with Gasteiger partial charge in [-0.3, -0.25) is 9.71 Å². The summed E-state index contributed by atoms with van der Waals surface area (Å²) in [5, 5.41) is 4.11. The first-order valence-corrected chi connectivity index (χ1v) is 10.7. The van der Waals surface area contributed by atoms with Gasteiger partial charge in [0.25, 0.3) is 0 Å². The maximum atomic E-state index is 4.41. The third kappa shape index (κ3) is 5.83. The molecule has 0 saturated heterocycles. The Morgan fingerprint density at radius 2 is 1.93 bits per heavy atom. The van der Waals surface area contributed by atoms with Crippen LogP contribution in [0.25, 0.3) is 6.08 Å². The molecular formula is C23H22N2S2. The van der Waals surface area contributed by atoms with Crippen LogP contribution in [0.3, 0.4) is 0 Å². The zero-order chi connectivity index (χ0) is 18.9. The molecule has 1 aromatic carbocycles. The number of hydrogen-bond acceptors (Lipinski definition) is 4. The summed E-state index contributed by atoms with van der Waals surface area (Å²) in [5.41, 5.74) is 5.64. The van der Waals surface area contributed by atoms with Crippen LogP contribution in [0.5, 0.6) is 0 Å². The fourth-order valence-corrected chi connectivity index (χ4v) is 3.79. The summed E-state index contributed by atoms with van der Waals surface area (Å²) < 4.78 is 3.46. The van der Waals surface area contributed by atoms with Gasteiger partial charge in [0.1, 0.15) is 0 Å². The Hall–Kier alpha value is -2.32. The van der Waals surface area contributed by atoms with Crippen molar-refractivity contribution in [1.82, 2.24) is 9.71 Å². The Morgan fingerprint density at radius 1 is 1.11 bits per heavy atom. The van der Waals surface area contributed by atoms with Crippen LogP contribution in [0, 0.1) is 18.8 Å². The first kappa shape index (κ1) is 19.4. The number of aromatic nitrogens is 1. The second-order valence-electron chi connectivity index (χ2n) is 5.99. The molecule has 3 aromatic rings. The van der Waals surface area contributed by atoms with Gasteiger partial charge < -0.3 is 0 Å². The number of benzene rings is 1. The van der Waals surface area contributed by atoms with E-state index in [2.05, 4.69) is 83.3 Å². The summed E-state index contributed by atoms with van der Waals surface area (Å²) in [6.45, 7) is 4.99. The molecular weight excluding hydrogens is 368 g/mol. The summed E-state index contributed by atoms with van der Waals surface area (Å²) in [6, 6.07) is 12.5. The van der Waals surface area contributed by atoms with Crippen LogP contribution in [0.4, 0.5) is 0 Å². The second-order valence-corrected chi connectivity index (χ2v) is 7.73. The Balaban J connectivity index is 1.58. The van der Waals surface area contributed by atoms with Gasteiger partial charge in [-0.2, -0.15) is 11.3 Å². The van der Waals surface area contributed by atoms with E-state index in [0.29, 0.717) is 0 Å². The van der Waals surface area contributed by atoms with Crippen molar-refractivity contribution in [3.8, 4) is 11.8 Å². The minimum absolute atomic E-state index is 0.789. The van der Waals surface area contributed by atoms with E-state index in [1.807, 2.05) is 17.6 Å². The van der Waals surface area contributed by atoms with Gasteiger partial charge in [-0.05, 0) is 78.2 Å². The van der Waals surface area contributed by atoms with E-state index in [1.165, 1.54) is 16.0 Å². The van der Waals surface area contributed by atoms with Crippen LogP contribution in [0.15, 0.2) is 64.3 Å². The van der Waals surface area contributed by atoms with Crippen LogP contribution < -0.4 is 4.72 Å². The highest BCUT2D eigenvalue weighted by molar-refractivity contribution is 7.97. The predicted molar refractivity (Wildman–Crippen MR) is 118 cm³/mol. The van der Waals surface area contributed by atoms with Crippen LogP contribution in [0.1, 0.15) is 41.3 Å². The largest absolute Gasteiger partial charge is 0.261 e. The molecule has 0 unspecified atom stereocenters. The number of hydrogen-bond donors (Lipinski definition) is 1. The molecule has 0 aliphatic rings. The molecule has 0 fully saturated rings. The third-order valence-electron chi connectivity index (χ3n) is 3.98. The van der Waals surface area contributed by atoms with Crippen molar-refractivity contribution in [2.45, 2.75) is 31.7 Å². The maximum absolute atomic E-state index is 4.41. The second kappa shape index (κ2) is 10.1. The smallest absolute Gasteiger partial charge is 0.0448 e. The van der Waals surface area contributed by atoms with Gasteiger partial charge in [-0.25, -0.2) is 0 Å². The zero-order valence-electron chi connectivity index (χ0n) is 15.5. The Labute approximate surface area is 169 Å². The molecule has 136 valence electrons. The van der Waals surface area contributed by atoms with Crippen molar-refractivity contribution in [1.29, 1.82) is 0 Å². The van der Waals surface area contributed by atoms with E-state index >= 15 is 0 Å². The highest BCUT2D eigenvalue weighted by Gasteiger charge is 2.04. The summed E-state index contributed by atoms with van der Waals surface area (Å²) in [5.74, 6) is 6.38. The lowest BCUT2D eigenvalue weighted by Crippen LogP contribution is -2.06. The quantitative estimate of drug-likeness (QED) is 0.408. The van der Waals surface area contributed by atoms with Gasteiger partial charge in [0.15, 0.2) is 0 Å². The van der Waals surface area contributed by atoms with Gasteiger partial charge in [-0.1, -0.05) is 30.9 Å². The van der Waals surface area contributed by atoms with E-state index < -0.39 is 0 Å². The summed E-state index contributed by atoms with van der Waals surface area (Å²) in [4.78, 5) is 5.58. The van der Waals surface area contributed by atoms with Gasteiger partial charge in [0.05, 0.1) is 0 Å². The Morgan fingerprint density at radius 3 is 2.67 bits per heavy atom. The molecule has 0 aliphatic heterocycles. The molecule has 0 atom stereocenters. The molecule has 1 N–H and O–H groups in total. The molecule has 0 saturated carbocycles. The predicted octanol–water partition coefficient (Wildman–Crippen LogP) is 6.07. The molecule has 0 aliphatic carbocycles. The number of aryl methyl sites for hydroxylation is 1. The van der Waals surface area contributed by atoms with E-state index in [4.69, 9.17) is 0 Å². The van der Waals surface area contributed by atoms with Crippen LogP contribution in [-0.4, -0.2) is 4.98 Å². The van der Waals surface area contributed by atoms with E-state index in [-0.39, 0.29) is 0 Å². The lowest BCUT2D eigenvalue weighted by atomic mass is 10.1. The normalized spacial score (nSPS) is 10.7. The van der Waals surface area contributed by atoms with Crippen molar-refractivity contribution < 1.29 is 0 Å². The zero-order valence-corrected chi connectivity index (χ0v) is 17.2. The number of rotatable bonds is 6. The Bertz CT molecular complexity index is 946. The number of thiophene rings is 1. The molecule has 0 radical (unpaired) electrons. The summed E-state index contributed by atoms with van der Waals surface area (Å²) in [6.07, 6.45) is 7.25. The lowest BCUT2D eigenvalue weighted by Gasteiger charge is -2.09. The van der Waals surface area contributed by atoms with Crippen LogP contribution >= 0.6 is 23.3 Å². The summed E-state index contributed by atoms with van der Waals surface area (Å²) in [7, 11) is 0. The maximum Gasteiger partial charge on any atom is 0.0448 e. The highest BCUT2D eigenvalue weighted by atomic mass is 32.2. The van der Waals surface area contributed by atoms with Crippen molar-refractivity contribution in [3.63, 3.8) is 0 Å². The van der Waals surface area contributed by atoms with Crippen molar-refractivity contribution >= 4 is 29.4 Å². The lowest BCUT2D eigenvalue weighted by molar-refractivity contribution is 0.956. The van der Waals surface area contributed by atoms with Gasteiger partial charge >= 0.3 is 0 Å². The van der Waals surface area contributed by atoms with Crippen molar-refractivity contribution in [2.24, 2.45) is 0 Å². The van der Waals surface area contributed by atoms with Gasteiger partial charge in [-0.15, -0.1) is 0 Å². The van der Waals surface area contributed by atoms with E-state index in [0.717, 1.165) is 29.8 Å². The molecule has 3 rings (SSSR count). The van der Waals surface area contributed by atoms with Crippen LogP contribution in [-0.2, 0) is 6.54 Å². The number of pyridine rings is 1. The van der Waals surface area contributed by atoms with Crippen LogP contribution in [0.2, 0.25) is 0 Å². The summed E-state index contributed by atoms with van der Waals surface area (Å²) >= 11 is 3.31. The number of allylic oxidation sites excluding steroid dienone is 1. The third-order valence-corrected chi connectivity index (χ3v) is 5.46. The molecule has 4 heteroatoms. The number of nitrogens with zero attached hydrogens (tertiary/aromatic N) is 1. The molecule has 2 nitrogen and oxygen atoms in total. The average molecular weight is 391 g/mol. The SMILES string of the molecule is CC/C=C\c1c(CNSc2ccc(C#Cc3ccsc3)cc2)ccnc1C. The molecule has 2 heterocycles. The van der Waals surface area contributed by atoms with E-state index in [9.17, 15) is 0 Å². The van der Waals surface area contributed by atoms with Crippen molar-refractivity contribution in [2.75, 3.05) is 0 Å². The van der Waals surface area contributed by atoms with Crippen molar-refractivity contribution in [3.05, 3.63) is 87.4 Å². The van der Waals surface area contributed by atoms with Gasteiger partial charge in [0, 0.05) is 39.8 Å². The first-order chi connectivity index (χ1) is 13.3. The molecule has 0 bridgehead atoms. The topological polar surface area (TPSA) is 24.9 Å². The highest BCUT2D eigenvalue weighted by Crippen LogP contribution is 2.19. The first-order valence-electron chi connectivity index (χ1n) is 8.91. The minimum Gasteiger partial charge on any atom is -0.261 e. The molecule has 0 spiro atoms. The average Bonchev–Trinajstić information content (AvgIpc) is 3.20.